The largest absolute Gasteiger partial charge is 0.313 e. The van der Waals surface area contributed by atoms with Crippen molar-refractivity contribution in [2.24, 2.45) is 0 Å². The van der Waals surface area contributed by atoms with Crippen LogP contribution in [-0.4, -0.2) is 10.7 Å². The number of carbonyl (C=O) groups is 1. The minimum Gasteiger partial charge on any atom is -0.313 e. The van der Waals surface area contributed by atoms with Gasteiger partial charge in [0, 0.05) is 22.8 Å². The van der Waals surface area contributed by atoms with E-state index >= 15 is 0 Å². The Morgan fingerprint density at radius 3 is 2.62 bits per heavy atom. The second-order valence-corrected chi connectivity index (χ2v) is 4.87. The number of aromatic nitrogens is 1. The molecule has 0 atom stereocenters. The Hall–Kier alpha value is -2.49. The summed E-state index contributed by atoms with van der Waals surface area (Å²) in [5, 5.41) is 0. The van der Waals surface area contributed by atoms with E-state index in [-0.39, 0.29) is 5.56 Å². The number of aryl methyl sites for hydroxylation is 1. The van der Waals surface area contributed by atoms with Crippen LogP contribution in [0.5, 0.6) is 0 Å². The molecule has 0 amide bonds. The molecule has 2 nitrogen and oxygen atoms in total. The summed E-state index contributed by atoms with van der Waals surface area (Å²) in [5.74, 6) is -1.08. The van der Waals surface area contributed by atoms with Crippen LogP contribution in [0.15, 0.2) is 42.6 Å². The zero-order chi connectivity index (χ0) is 15.0. The maximum absolute atomic E-state index is 14.0. The fraction of sp³-hybridized carbons (Fsp3) is 0.118. The van der Waals surface area contributed by atoms with E-state index in [1.165, 1.54) is 0 Å². The molecule has 0 aliphatic heterocycles. The molecule has 4 heteroatoms. The first kappa shape index (κ1) is 13.5. The number of halogens is 2. The molecule has 0 saturated heterocycles. The summed E-state index contributed by atoms with van der Waals surface area (Å²) < 4.78 is 29.0. The SMILES string of the molecule is CCc1ccc2cc(-c3cc(F)ccc3F)c(C=O)n2c1. The van der Waals surface area contributed by atoms with Crippen LogP contribution in [0.1, 0.15) is 23.0 Å². The lowest BCUT2D eigenvalue weighted by Gasteiger charge is -2.04. The molecule has 0 aliphatic carbocycles. The van der Waals surface area contributed by atoms with E-state index in [2.05, 4.69) is 0 Å². The van der Waals surface area contributed by atoms with Gasteiger partial charge in [0.1, 0.15) is 11.6 Å². The van der Waals surface area contributed by atoms with Gasteiger partial charge in [0.2, 0.25) is 0 Å². The van der Waals surface area contributed by atoms with Crippen LogP contribution >= 0.6 is 0 Å². The molecule has 2 aromatic heterocycles. The first-order valence-corrected chi connectivity index (χ1v) is 6.68. The molecule has 21 heavy (non-hydrogen) atoms. The van der Waals surface area contributed by atoms with Gasteiger partial charge in [-0.2, -0.15) is 0 Å². The second-order valence-electron chi connectivity index (χ2n) is 4.87. The Labute approximate surface area is 120 Å². The molecule has 0 unspecified atom stereocenters. The monoisotopic (exact) mass is 285 g/mol. The highest BCUT2D eigenvalue weighted by Crippen LogP contribution is 2.30. The first-order valence-electron chi connectivity index (χ1n) is 6.68. The van der Waals surface area contributed by atoms with Crippen molar-refractivity contribution in [1.82, 2.24) is 4.40 Å². The van der Waals surface area contributed by atoms with Gasteiger partial charge in [0.05, 0.1) is 5.69 Å². The zero-order valence-electron chi connectivity index (χ0n) is 11.4. The number of hydrogen-bond acceptors (Lipinski definition) is 1. The topological polar surface area (TPSA) is 21.5 Å². The van der Waals surface area contributed by atoms with E-state index in [1.54, 1.807) is 10.5 Å². The summed E-state index contributed by atoms with van der Waals surface area (Å²) in [5.41, 5.74) is 2.65. The molecule has 0 radical (unpaired) electrons. The predicted molar refractivity (Wildman–Crippen MR) is 77.5 cm³/mol. The van der Waals surface area contributed by atoms with Gasteiger partial charge >= 0.3 is 0 Å². The van der Waals surface area contributed by atoms with Crippen LogP contribution in [0.4, 0.5) is 8.78 Å². The average molecular weight is 285 g/mol. The number of fused-ring (bicyclic) bond motifs is 1. The van der Waals surface area contributed by atoms with Crippen molar-refractivity contribution < 1.29 is 13.6 Å². The van der Waals surface area contributed by atoms with E-state index in [0.717, 1.165) is 35.7 Å². The second kappa shape index (κ2) is 5.13. The highest BCUT2D eigenvalue weighted by molar-refractivity contribution is 5.90. The molecule has 106 valence electrons. The van der Waals surface area contributed by atoms with Crippen molar-refractivity contribution >= 4 is 11.8 Å². The maximum Gasteiger partial charge on any atom is 0.167 e. The number of carbonyl (C=O) groups excluding carboxylic acids is 1. The normalized spacial score (nSPS) is 11.0. The standard InChI is InChI=1S/C17H13F2NO/c1-2-11-3-5-13-8-15(17(10-21)20(13)9-11)14-7-12(18)4-6-16(14)19/h3-10H,2H2,1H3. The van der Waals surface area contributed by atoms with E-state index in [1.807, 2.05) is 25.3 Å². The third kappa shape index (κ3) is 2.23. The number of hydrogen-bond donors (Lipinski definition) is 0. The Balaban J connectivity index is 2.32. The van der Waals surface area contributed by atoms with Crippen LogP contribution in [0, 0.1) is 11.6 Å². The Morgan fingerprint density at radius 2 is 1.90 bits per heavy atom. The molecule has 0 aliphatic rings. The molecule has 0 N–H and O–H groups in total. The van der Waals surface area contributed by atoms with Gasteiger partial charge in [-0.25, -0.2) is 8.78 Å². The van der Waals surface area contributed by atoms with Crippen LogP contribution in [0.25, 0.3) is 16.6 Å². The summed E-state index contributed by atoms with van der Waals surface area (Å²) in [6, 6.07) is 8.75. The molecule has 0 spiro atoms. The zero-order valence-corrected chi connectivity index (χ0v) is 11.4. The van der Waals surface area contributed by atoms with Gasteiger partial charge in [-0.15, -0.1) is 0 Å². The van der Waals surface area contributed by atoms with E-state index in [9.17, 15) is 13.6 Å². The third-order valence-electron chi connectivity index (χ3n) is 3.61. The van der Waals surface area contributed by atoms with Crippen molar-refractivity contribution in [2.45, 2.75) is 13.3 Å². The summed E-state index contributed by atoms with van der Waals surface area (Å²) in [4.78, 5) is 11.4. The molecular weight excluding hydrogens is 272 g/mol. The van der Waals surface area contributed by atoms with Crippen LogP contribution < -0.4 is 0 Å². The number of benzene rings is 1. The van der Waals surface area contributed by atoms with Crippen molar-refractivity contribution in [3.05, 3.63) is 65.5 Å². The molecule has 3 rings (SSSR count). The van der Waals surface area contributed by atoms with Gasteiger partial charge < -0.3 is 4.40 Å². The summed E-state index contributed by atoms with van der Waals surface area (Å²) >= 11 is 0. The van der Waals surface area contributed by atoms with Gasteiger partial charge in [0.25, 0.3) is 0 Å². The number of rotatable bonds is 3. The molecule has 0 fully saturated rings. The summed E-state index contributed by atoms with van der Waals surface area (Å²) in [7, 11) is 0. The average Bonchev–Trinajstić information content (AvgIpc) is 2.86. The van der Waals surface area contributed by atoms with Crippen LogP contribution in [0.2, 0.25) is 0 Å². The fourth-order valence-corrected chi connectivity index (χ4v) is 2.48. The molecule has 1 aromatic carbocycles. The Morgan fingerprint density at radius 1 is 1.10 bits per heavy atom. The van der Waals surface area contributed by atoms with Gasteiger partial charge in [-0.3, -0.25) is 4.79 Å². The summed E-state index contributed by atoms with van der Waals surface area (Å²) in [6.45, 7) is 2.01. The molecule has 2 heterocycles. The molecule has 3 aromatic rings. The van der Waals surface area contributed by atoms with Crippen molar-refractivity contribution in [3.8, 4) is 11.1 Å². The van der Waals surface area contributed by atoms with Gasteiger partial charge in [0.15, 0.2) is 6.29 Å². The number of nitrogens with zero attached hydrogens (tertiary/aromatic N) is 1. The quantitative estimate of drug-likeness (QED) is 0.659. The molecule has 0 bridgehead atoms. The smallest absolute Gasteiger partial charge is 0.167 e. The number of aldehydes is 1. The minimum atomic E-state index is -0.550. The van der Waals surface area contributed by atoms with Gasteiger partial charge in [-0.1, -0.05) is 13.0 Å². The maximum atomic E-state index is 14.0. The lowest BCUT2D eigenvalue weighted by Crippen LogP contribution is -1.95. The molecular formula is C17H13F2NO. The fourth-order valence-electron chi connectivity index (χ4n) is 2.48. The van der Waals surface area contributed by atoms with Crippen LogP contribution in [0.3, 0.4) is 0 Å². The minimum absolute atomic E-state index is 0.0962. The van der Waals surface area contributed by atoms with E-state index < -0.39 is 11.6 Å². The van der Waals surface area contributed by atoms with Crippen molar-refractivity contribution in [1.29, 1.82) is 0 Å². The summed E-state index contributed by atoms with van der Waals surface area (Å²) in [6.07, 6.45) is 3.35. The van der Waals surface area contributed by atoms with Gasteiger partial charge in [-0.05, 0) is 42.3 Å². The Bertz CT molecular complexity index is 836. The van der Waals surface area contributed by atoms with Crippen LogP contribution in [-0.2, 0) is 6.42 Å². The number of pyridine rings is 1. The first-order chi connectivity index (χ1) is 10.1. The van der Waals surface area contributed by atoms with E-state index in [0.29, 0.717) is 17.5 Å². The lowest BCUT2D eigenvalue weighted by atomic mass is 10.1. The molecule has 0 saturated carbocycles. The lowest BCUT2D eigenvalue weighted by molar-refractivity contribution is 0.111. The van der Waals surface area contributed by atoms with Crippen molar-refractivity contribution in [3.63, 3.8) is 0 Å². The van der Waals surface area contributed by atoms with E-state index in [4.69, 9.17) is 0 Å². The highest BCUT2D eigenvalue weighted by atomic mass is 19.1. The third-order valence-corrected chi connectivity index (χ3v) is 3.61. The Kier molecular flexibility index (Phi) is 3.29. The van der Waals surface area contributed by atoms with Crippen molar-refractivity contribution in [2.75, 3.05) is 0 Å². The predicted octanol–water partition coefficient (Wildman–Crippen LogP) is 4.26. The highest BCUT2D eigenvalue weighted by Gasteiger charge is 2.15.